The normalized spacial score (nSPS) is 19.4. The number of benzene rings is 1. The van der Waals surface area contributed by atoms with E-state index in [4.69, 9.17) is 11.6 Å². The zero-order valence-corrected chi connectivity index (χ0v) is 12.8. The Morgan fingerprint density at radius 1 is 1.41 bits per heavy atom. The van der Waals surface area contributed by atoms with Crippen molar-refractivity contribution in [3.63, 3.8) is 0 Å². The lowest BCUT2D eigenvalue weighted by Gasteiger charge is -2.39. The summed E-state index contributed by atoms with van der Waals surface area (Å²) in [5, 5.41) is 1.68. The largest absolute Gasteiger partial charge is 0.371 e. The van der Waals surface area contributed by atoms with Gasteiger partial charge in [-0.15, -0.1) is 0 Å². The molecule has 1 nitrogen and oxygen atoms in total. The van der Waals surface area contributed by atoms with Gasteiger partial charge >= 0.3 is 0 Å². The van der Waals surface area contributed by atoms with E-state index < -0.39 is 0 Å². The van der Waals surface area contributed by atoms with E-state index in [1.54, 1.807) is 0 Å². The van der Waals surface area contributed by atoms with Gasteiger partial charge in [-0.25, -0.2) is 0 Å². The number of hydrogen-bond donors (Lipinski definition) is 0. The van der Waals surface area contributed by atoms with Crippen LogP contribution in [0.2, 0.25) is 5.02 Å². The molecular weight excluding hydrogens is 298 g/mol. The quantitative estimate of drug-likeness (QED) is 0.704. The van der Waals surface area contributed by atoms with Gasteiger partial charge in [0.1, 0.15) is 0 Å². The second-order valence-electron chi connectivity index (χ2n) is 5.60. The predicted octanol–water partition coefficient (Wildman–Crippen LogP) is 4.86. The van der Waals surface area contributed by atoms with Crippen molar-refractivity contribution in [2.24, 2.45) is 5.41 Å². The van der Waals surface area contributed by atoms with Crippen LogP contribution >= 0.6 is 27.5 Å². The van der Waals surface area contributed by atoms with Gasteiger partial charge in [0.15, 0.2) is 0 Å². The Kier molecular flexibility index (Phi) is 4.04. The van der Waals surface area contributed by atoms with Crippen molar-refractivity contribution in [3.05, 3.63) is 28.8 Å². The molecule has 0 radical (unpaired) electrons. The van der Waals surface area contributed by atoms with E-state index in [0.717, 1.165) is 29.0 Å². The highest BCUT2D eigenvalue weighted by atomic mass is 79.9. The summed E-state index contributed by atoms with van der Waals surface area (Å²) in [6, 6.07) is 6.40. The minimum Gasteiger partial charge on any atom is -0.371 e. The Hall–Kier alpha value is -0.210. The Balaban J connectivity index is 2.19. The van der Waals surface area contributed by atoms with Crippen LogP contribution in [-0.4, -0.2) is 13.1 Å². The lowest BCUT2D eigenvalue weighted by molar-refractivity contribution is 0.293. The fourth-order valence-electron chi connectivity index (χ4n) is 2.48. The summed E-state index contributed by atoms with van der Waals surface area (Å²) in [6.45, 7) is 6.95. The fourth-order valence-corrected chi connectivity index (χ4v) is 3.38. The van der Waals surface area contributed by atoms with E-state index in [1.807, 2.05) is 0 Å². The molecule has 1 aromatic carbocycles. The molecule has 0 bridgehead atoms. The Labute approximate surface area is 117 Å². The van der Waals surface area contributed by atoms with Crippen LogP contribution in [0, 0.1) is 5.41 Å². The zero-order chi connectivity index (χ0) is 12.5. The minimum absolute atomic E-state index is 0.415. The van der Waals surface area contributed by atoms with E-state index in [-0.39, 0.29) is 0 Å². The van der Waals surface area contributed by atoms with Crippen LogP contribution in [0.25, 0.3) is 0 Å². The Morgan fingerprint density at radius 2 is 2.18 bits per heavy atom. The van der Waals surface area contributed by atoms with Crippen LogP contribution in [0.15, 0.2) is 18.2 Å². The molecule has 0 aromatic heterocycles. The molecule has 17 heavy (non-hydrogen) atoms. The van der Waals surface area contributed by atoms with Gasteiger partial charge in [-0.2, -0.15) is 0 Å². The SMILES string of the molecule is CC1(C)CCCN(c2ccc(CBr)c(Cl)c2)C1. The van der Waals surface area contributed by atoms with Gasteiger partial charge in [0.05, 0.1) is 0 Å². The summed E-state index contributed by atoms with van der Waals surface area (Å²) in [4.78, 5) is 2.45. The fraction of sp³-hybridized carbons (Fsp3) is 0.571. The summed E-state index contributed by atoms with van der Waals surface area (Å²) in [7, 11) is 0. The molecule has 1 aliphatic rings. The third-order valence-corrected chi connectivity index (χ3v) is 4.40. The minimum atomic E-state index is 0.415. The first-order valence-electron chi connectivity index (χ1n) is 6.11. The summed E-state index contributed by atoms with van der Waals surface area (Å²) in [5.41, 5.74) is 2.83. The third kappa shape index (κ3) is 3.17. The molecule has 0 N–H and O–H groups in total. The molecule has 2 rings (SSSR count). The van der Waals surface area contributed by atoms with E-state index in [1.165, 1.54) is 18.5 Å². The van der Waals surface area contributed by atoms with Gasteiger partial charge < -0.3 is 4.90 Å². The van der Waals surface area contributed by atoms with Gasteiger partial charge in [-0.3, -0.25) is 0 Å². The van der Waals surface area contributed by atoms with Gasteiger partial charge in [-0.05, 0) is 36.0 Å². The second-order valence-corrected chi connectivity index (χ2v) is 6.57. The van der Waals surface area contributed by atoms with Gasteiger partial charge in [0.2, 0.25) is 0 Å². The third-order valence-electron chi connectivity index (χ3n) is 3.45. The Bertz CT molecular complexity index is 403. The van der Waals surface area contributed by atoms with Gasteiger partial charge in [-0.1, -0.05) is 47.4 Å². The number of nitrogens with zero attached hydrogens (tertiary/aromatic N) is 1. The molecule has 94 valence electrons. The van der Waals surface area contributed by atoms with Gasteiger partial charge in [0.25, 0.3) is 0 Å². The molecule has 0 unspecified atom stereocenters. The van der Waals surface area contributed by atoms with Crippen molar-refractivity contribution in [3.8, 4) is 0 Å². The molecule has 0 saturated carbocycles. The average Bonchev–Trinajstić information content (AvgIpc) is 2.27. The number of hydrogen-bond acceptors (Lipinski definition) is 1. The van der Waals surface area contributed by atoms with Crippen LogP contribution in [0.3, 0.4) is 0 Å². The maximum Gasteiger partial charge on any atom is 0.0467 e. The molecular formula is C14H19BrClN. The van der Waals surface area contributed by atoms with Crippen molar-refractivity contribution in [2.45, 2.75) is 32.0 Å². The van der Waals surface area contributed by atoms with E-state index in [2.05, 4.69) is 52.9 Å². The van der Waals surface area contributed by atoms with Crippen molar-refractivity contribution in [2.75, 3.05) is 18.0 Å². The zero-order valence-electron chi connectivity index (χ0n) is 10.5. The van der Waals surface area contributed by atoms with Crippen LogP contribution in [0.1, 0.15) is 32.3 Å². The molecule has 3 heteroatoms. The van der Waals surface area contributed by atoms with E-state index in [0.29, 0.717) is 5.41 Å². The first kappa shape index (κ1) is 13.2. The van der Waals surface area contributed by atoms with Crippen LogP contribution in [-0.2, 0) is 5.33 Å². The number of anilines is 1. The first-order valence-corrected chi connectivity index (χ1v) is 7.61. The number of rotatable bonds is 2. The van der Waals surface area contributed by atoms with Crippen LogP contribution in [0.5, 0.6) is 0 Å². The lowest BCUT2D eigenvalue weighted by atomic mass is 9.84. The molecule has 0 amide bonds. The molecule has 1 heterocycles. The van der Waals surface area contributed by atoms with Crippen molar-refractivity contribution in [1.82, 2.24) is 0 Å². The summed E-state index contributed by atoms with van der Waals surface area (Å²) >= 11 is 9.71. The average molecular weight is 317 g/mol. The monoisotopic (exact) mass is 315 g/mol. The predicted molar refractivity (Wildman–Crippen MR) is 79.3 cm³/mol. The smallest absolute Gasteiger partial charge is 0.0467 e. The molecule has 1 saturated heterocycles. The van der Waals surface area contributed by atoms with E-state index in [9.17, 15) is 0 Å². The van der Waals surface area contributed by atoms with Gasteiger partial charge in [0, 0.05) is 29.1 Å². The highest BCUT2D eigenvalue weighted by Gasteiger charge is 2.26. The van der Waals surface area contributed by atoms with Crippen molar-refractivity contribution in [1.29, 1.82) is 0 Å². The van der Waals surface area contributed by atoms with Crippen LogP contribution in [0.4, 0.5) is 5.69 Å². The molecule has 1 fully saturated rings. The Morgan fingerprint density at radius 3 is 2.76 bits per heavy atom. The molecule has 1 aromatic rings. The standard InChI is InChI=1S/C14H19BrClN/c1-14(2)6-3-7-17(10-14)12-5-4-11(9-15)13(16)8-12/h4-5,8H,3,6-7,9-10H2,1-2H3. The molecule has 1 aliphatic heterocycles. The topological polar surface area (TPSA) is 3.24 Å². The molecule has 0 aliphatic carbocycles. The highest BCUT2D eigenvalue weighted by Crippen LogP contribution is 2.33. The number of halogens is 2. The van der Waals surface area contributed by atoms with Crippen molar-refractivity contribution < 1.29 is 0 Å². The maximum atomic E-state index is 6.26. The molecule has 0 spiro atoms. The summed E-state index contributed by atoms with van der Waals surface area (Å²) in [5.74, 6) is 0. The molecule has 0 atom stereocenters. The first-order chi connectivity index (χ1) is 8.02. The highest BCUT2D eigenvalue weighted by molar-refractivity contribution is 9.08. The van der Waals surface area contributed by atoms with Crippen LogP contribution < -0.4 is 4.90 Å². The number of alkyl halides is 1. The number of piperidine rings is 1. The lowest BCUT2D eigenvalue weighted by Crippen LogP contribution is -2.40. The summed E-state index contributed by atoms with van der Waals surface area (Å²) < 4.78 is 0. The maximum absolute atomic E-state index is 6.26. The second kappa shape index (κ2) is 5.19. The van der Waals surface area contributed by atoms with Crippen molar-refractivity contribution >= 4 is 33.2 Å². The summed E-state index contributed by atoms with van der Waals surface area (Å²) in [6.07, 6.45) is 2.58. The van der Waals surface area contributed by atoms with E-state index >= 15 is 0 Å².